The van der Waals surface area contributed by atoms with E-state index in [0.29, 0.717) is 5.56 Å². The summed E-state index contributed by atoms with van der Waals surface area (Å²) >= 11 is 3.38. The quantitative estimate of drug-likeness (QED) is 0.365. The molecule has 31 heavy (non-hydrogen) atoms. The molecule has 1 aromatic heterocycles. The molecular weight excluding hydrogens is 464 g/mol. The second kappa shape index (κ2) is 10.1. The number of para-hydroxylation sites is 1. The molecule has 9 heteroatoms. The maximum absolute atomic E-state index is 12.8. The van der Waals surface area contributed by atoms with Crippen LogP contribution in [0.15, 0.2) is 59.2 Å². The number of aromatic amines is 1. The highest BCUT2D eigenvalue weighted by atomic mass is 79.9. The largest absolute Gasteiger partial charge is 0.467 e. The Balaban J connectivity index is 1.76. The van der Waals surface area contributed by atoms with Gasteiger partial charge in [-0.2, -0.15) is 0 Å². The summed E-state index contributed by atoms with van der Waals surface area (Å²) in [7, 11) is 1.27. The molecule has 0 aliphatic heterocycles. The van der Waals surface area contributed by atoms with E-state index in [2.05, 4.69) is 31.5 Å². The third-order valence-corrected chi connectivity index (χ3v) is 5.37. The molecule has 3 rings (SSSR count). The highest BCUT2D eigenvalue weighted by Gasteiger charge is 2.25. The van der Waals surface area contributed by atoms with Crippen molar-refractivity contribution in [3.63, 3.8) is 0 Å². The molecule has 3 amide bonds. The van der Waals surface area contributed by atoms with Gasteiger partial charge in [-0.15, -0.1) is 0 Å². The number of benzene rings is 2. The van der Waals surface area contributed by atoms with E-state index in [4.69, 9.17) is 10.5 Å². The first-order valence-corrected chi connectivity index (χ1v) is 10.4. The topological polar surface area (TPSA) is 126 Å². The minimum absolute atomic E-state index is 0.0965. The smallest absolute Gasteiger partial charge is 0.328 e. The number of carbonyl (C=O) groups excluding carboxylic acids is 3. The van der Waals surface area contributed by atoms with Crippen LogP contribution in [0.5, 0.6) is 0 Å². The number of halogens is 1. The average molecular weight is 487 g/mol. The van der Waals surface area contributed by atoms with Gasteiger partial charge in [0.05, 0.1) is 19.6 Å². The standard InChI is InChI=1S/C22H23BrN4O4/c1-31-21(29)19(10-14-12-25-17-8-3-2-7-16(14)17)26-20(28)11-18(27-22(24)30)13-5-4-6-15(23)9-13/h2-9,12,18-19,25H,10-11H2,1H3,(H,26,28)(H3,24,27,30)/t18-,19+/m0/s1. The lowest BCUT2D eigenvalue weighted by Crippen LogP contribution is -2.44. The molecule has 2 aromatic carbocycles. The number of rotatable bonds is 8. The van der Waals surface area contributed by atoms with Gasteiger partial charge >= 0.3 is 12.0 Å². The third-order valence-electron chi connectivity index (χ3n) is 4.88. The van der Waals surface area contributed by atoms with Crippen LogP contribution >= 0.6 is 15.9 Å². The number of urea groups is 1. The molecule has 0 saturated carbocycles. The monoisotopic (exact) mass is 486 g/mol. The molecule has 0 fully saturated rings. The molecule has 0 saturated heterocycles. The van der Waals surface area contributed by atoms with E-state index < -0.39 is 30.0 Å². The zero-order valence-electron chi connectivity index (χ0n) is 16.9. The van der Waals surface area contributed by atoms with Gasteiger partial charge in [-0.05, 0) is 29.3 Å². The number of nitrogens with two attached hydrogens (primary N) is 1. The fraction of sp³-hybridized carbons (Fsp3) is 0.227. The molecule has 0 bridgehead atoms. The predicted molar refractivity (Wildman–Crippen MR) is 120 cm³/mol. The van der Waals surface area contributed by atoms with Gasteiger partial charge in [0.25, 0.3) is 0 Å². The van der Waals surface area contributed by atoms with Gasteiger partial charge < -0.3 is 26.1 Å². The van der Waals surface area contributed by atoms with Crippen molar-refractivity contribution in [2.24, 2.45) is 5.73 Å². The number of fused-ring (bicyclic) bond motifs is 1. The van der Waals surface area contributed by atoms with Gasteiger partial charge in [0.15, 0.2) is 0 Å². The van der Waals surface area contributed by atoms with Gasteiger partial charge in [-0.3, -0.25) is 4.79 Å². The van der Waals surface area contributed by atoms with E-state index in [1.165, 1.54) is 7.11 Å². The summed E-state index contributed by atoms with van der Waals surface area (Å²) in [5.74, 6) is -0.977. The number of ether oxygens (including phenoxy) is 1. The van der Waals surface area contributed by atoms with E-state index in [0.717, 1.165) is 20.9 Å². The molecule has 1 heterocycles. The normalized spacial score (nSPS) is 12.7. The van der Waals surface area contributed by atoms with Crippen LogP contribution in [-0.4, -0.2) is 36.0 Å². The predicted octanol–water partition coefficient (Wildman–Crippen LogP) is 2.93. The van der Waals surface area contributed by atoms with Crippen molar-refractivity contribution < 1.29 is 19.1 Å². The van der Waals surface area contributed by atoms with E-state index >= 15 is 0 Å². The van der Waals surface area contributed by atoms with Crippen molar-refractivity contribution in [2.45, 2.75) is 24.9 Å². The number of primary amides is 1. The number of nitrogens with one attached hydrogen (secondary N) is 3. The molecule has 0 unspecified atom stereocenters. The van der Waals surface area contributed by atoms with E-state index in [1.807, 2.05) is 36.5 Å². The summed E-state index contributed by atoms with van der Waals surface area (Å²) < 4.78 is 5.68. The lowest BCUT2D eigenvalue weighted by Gasteiger charge is -2.21. The number of amides is 3. The van der Waals surface area contributed by atoms with Gasteiger partial charge in [-0.1, -0.05) is 46.3 Å². The molecule has 5 N–H and O–H groups in total. The number of carbonyl (C=O) groups is 3. The molecule has 8 nitrogen and oxygen atoms in total. The van der Waals surface area contributed by atoms with Crippen LogP contribution in [0, 0.1) is 0 Å². The summed E-state index contributed by atoms with van der Waals surface area (Å²) in [6.45, 7) is 0. The average Bonchev–Trinajstić information content (AvgIpc) is 3.15. The Labute approximate surface area is 187 Å². The number of esters is 1. The lowest BCUT2D eigenvalue weighted by molar-refractivity contribution is -0.145. The Hall–Kier alpha value is -3.33. The van der Waals surface area contributed by atoms with Gasteiger partial charge in [0, 0.05) is 28.0 Å². The highest BCUT2D eigenvalue weighted by molar-refractivity contribution is 9.10. The van der Waals surface area contributed by atoms with Crippen LogP contribution in [-0.2, 0) is 20.7 Å². The Morgan fingerprint density at radius 3 is 2.61 bits per heavy atom. The minimum Gasteiger partial charge on any atom is -0.467 e. The first kappa shape index (κ1) is 22.4. The zero-order chi connectivity index (χ0) is 22.4. The van der Waals surface area contributed by atoms with Crippen molar-refractivity contribution in [1.29, 1.82) is 0 Å². The van der Waals surface area contributed by atoms with Crippen LogP contribution in [0.25, 0.3) is 10.9 Å². The third kappa shape index (κ3) is 5.85. The fourth-order valence-corrected chi connectivity index (χ4v) is 3.86. The molecule has 0 spiro atoms. The van der Waals surface area contributed by atoms with Gasteiger partial charge in [-0.25, -0.2) is 9.59 Å². The van der Waals surface area contributed by atoms with Crippen LogP contribution in [0.4, 0.5) is 4.79 Å². The van der Waals surface area contributed by atoms with Crippen LogP contribution < -0.4 is 16.4 Å². The van der Waals surface area contributed by atoms with Crippen LogP contribution in [0.3, 0.4) is 0 Å². The first-order valence-electron chi connectivity index (χ1n) is 9.61. The minimum atomic E-state index is -0.881. The highest BCUT2D eigenvalue weighted by Crippen LogP contribution is 2.22. The van der Waals surface area contributed by atoms with Crippen molar-refractivity contribution in [2.75, 3.05) is 7.11 Å². The second-order valence-electron chi connectivity index (χ2n) is 7.03. The van der Waals surface area contributed by atoms with E-state index in [-0.39, 0.29) is 12.8 Å². The molecule has 0 aliphatic carbocycles. The molecule has 3 aromatic rings. The number of H-pyrrole nitrogens is 1. The zero-order valence-corrected chi connectivity index (χ0v) is 18.4. The van der Waals surface area contributed by atoms with E-state index in [1.54, 1.807) is 18.2 Å². The molecular formula is C22H23BrN4O4. The van der Waals surface area contributed by atoms with Crippen molar-refractivity contribution in [1.82, 2.24) is 15.6 Å². The Morgan fingerprint density at radius 1 is 1.13 bits per heavy atom. The molecule has 0 aliphatic rings. The number of hydrogen-bond acceptors (Lipinski definition) is 4. The molecule has 0 radical (unpaired) electrons. The lowest BCUT2D eigenvalue weighted by atomic mass is 10.0. The fourth-order valence-electron chi connectivity index (χ4n) is 3.44. The van der Waals surface area contributed by atoms with Gasteiger partial charge in [0.1, 0.15) is 6.04 Å². The molecule has 2 atom stereocenters. The van der Waals surface area contributed by atoms with Crippen LogP contribution in [0.2, 0.25) is 0 Å². The SMILES string of the molecule is COC(=O)[C@@H](Cc1c[nH]c2ccccc12)NC(=O)C[C@H](NC(N)=O)c1cccc(Br)c1. The van der Waals surface area contributed by atoms with Crippen molar-refractivity contribution in [3.8, 4) is 0 Å². The van der Waals surface area contributed by atoms with Gasteiger partial charge in [0.2, 0.25) is 5.91 Å². The maximum Gasteiger partial charge on any atom is 0.328 e. The molecule has 162 valence electrons. The summed E-state index contributed by atoms with van der Waals surface area (Å²) in [6.07, 6.45) is 1.97. The number of aromatic nitrogens is 1. The van der Waals surface area contributed by atoms with Crippen LogP contribution in [0.1, 0.15) is 23.6 Å². The Morgan fingerprint density at radius 2 is 1.90 bits per heavy atom. The number of hydrogen-bond donors (Lipinski definition) is 4. The second-order valence-corrected chi connectivity index (χ2v) is 7.94. The maximum atomic E-state index is 12.8. The van der Waals surface area contributed by atoms with Crippen molar-refractivity contribution >= 4 is 44.7 Å². The summed E-state index contributed by atoms with van der Waals surface area (Å²) in [4.78, 5) is 39.7. The van der Waals surface area contributed by atoms with Crippen molar-refractivity contribution in [3.05, 3.63) is 70.3 Å². The van der Waals surface area contributed by atoms with E-state index in [9.17, 15) is 14.4 Å². The number of methoxy groups -OCH3 is 1. The summed E-state index contributed by atoms with van der Waals surface area (Å²) in [5.41, 5.74) is 7.81. The summed E-state index contributed by atoms with van der Waals surface area (Å²) in [5, 5.41) is 6.27. The summed E-state index contributed by atoms with van der Waals surface area (Å²) in [6, 6.07) is 12.6. The Kier molecular flexibility index (Phi) is 7.30. The Bertz CT molecular complexity index is 1100. The first-order chi connectivity index (χ1) is 14.9.